The fourth-order valence-electron chi connectivity index (χ4n) is 3.76. The van der Waals surface area contributed by atoms with E-state index in [4.69, 9.17) is 11.6 Å². The van der Waals surface area contributed by atoms with Gasteiger partial charge in [0.25, 0.3) is 0 Å². The van der Waals surface area contributed by atoms with Crippen molar-refractivity contribution in [1.82, 2.24) is 5.32 Å². The minimum absolute atomic E-state index is 0.443. The molecule has 1 N–H and O–H groups in total. The van der Waals surface area contributed by atoms with Crippen LogP contribution in [0.1, 0.15) is 51.6 Å². The zero-order chi connectivity index (χ0) is 14.7. The summed E-state index contributed by atoms with van der Waals surface area (Å²) in [7, 11) is 0. The molecule has 1 saturated carbocycles. The second-order valence-corrected chi connectivity index (χ2v) is 7.65. The van der Waals surface area contributed by atoms with Crippen molar-refractivity contribution >= 4 is 27.5 Å². The van der Waals surface area contributed by atoms with E-state index in [9.17, 15) is 0 Å². The minimum Gasteiger partial charge on any atom is -0.310 e. The molecule has 1 aromatic rings. The Hall–Kier alpha value is -0.0500. The standard InChI is InChI=1S/C17H25BrClN/c1-4-20-17(13-5-6-16(19)15(18)10-13)14-8-11(2)7-12(3)9-14/h5-6,10-12,14,17,20H,4,7-9H2,1-3H3. The van der Waals surface area contributed by atoms with Crippen molar-refractivity contribution in [3.05, 3.63) is 33.3 Å². The zero-order valence-electron chi connectivity index (χ0n) is 12.6. The quantitative estimate of drug-likeness (QED) is 0.714. The highest BCUT2D eigenvalue weighted by atomic mass is 79.9. The van der Waals surface area contributed by atoms with Crippen LogP contribution < -0.4 is 5.32 Å². The van der Waals surface area contributed by atoms with E-state index in [0.717, 1.165) is 33.8 Å². The van der Waals surface area contributed by atoms with Crippen molar-refractivity contribution < 1.29 is 0 Å². The normalized spacial score (nSPS) is 28.4. The van der Waals surface area contributed by atoms with Crippen LogP contribution in [-0.2, 0) is 0 Å². The number of rotatable bonds is 4. The van der Waals surface area contributed by atoms with Crippen LogP contribution in [-0.4, -0.2) is 6.54 Å². The molecule has 112 valence electrons. The van der Waals surface area contributed by atoms with Crippen LogP contribution in [0, 0.1) is 17.8 Å². The van der Waals surface area contributed by atoms with Gasteiger partial charge < -0.3 is 5.32 Å². The van der Waals surface area contributed by atoms with Gasteiger partial charge in [0.05, 0.1) is 5.02 Å². The molecule has 0 heterocycles. The molecule has 20 heavy (non-hydrogen) atoms. The second-order valence-electron chi connectivity index (χ2n) is 6.39. The Kier molecular flexibility index (Phi) is 5.95. The van der Waals surface area contributed by atoms with Crippen LogP contribution in [0.4, 0.5) is 0 Å². The molecule has 0 saturated heterocycles. The lowest BCUT2D eigenvalue weighted by Gasteiger charge is -2.37. The van der Waals surface area contributed by atoms with Crippen LogP contribution in [0.2, 0.25) is 5.02 Å². The molecule has 1 aliphatic carbocycles. The number of benzene rings is 1. The Morgan fingerprint density at radius 1 is 1.25 bits per heavy atom. The Labute approximate surface area is 136 Å². The molecule has 0 amide bonds. The van der Waals surface area contributed by atoms with Crippen LogP contribution in [0.3, 0.4) is 0 Å². The first-order valence-electron chi connectivity index (χ1n) is 7.69. The third-order valence-corrected chi connectivity index (χ3v) is 5.63. The van der Waals surface area contributed by atoms with Gasteiger partial charge in [-0.15, -0.1) is 0 Å². The lowest BCUT2D eigenvalue weighted by Crippen LogP contribution is -2.33. The fraction of sp³-hybridized carbons (Fsp3) is 0.647. The molecule has 0 spiro atoms. The minimum atomic E-state index is 0.443. The summed E-state index contributed by atoms with van der Waals surface area (Å²) in [6.45, 7) is 7.98. The Morgan fingerprint density at radius 3 is 2.45 bits per heavy atom. The summed E-state index contributed by atoms with van der Waals surface area (Å²) in [5.41, 5.74) is 1.36. The summed E-state index contributed by atoms with van der Waals surface area (Å²) in [6, 6.07) is 6.80. The van der Waals surface area contributed by atoms with Gasteiger partial charge in [-0.25, -0.2) is 0 Å². The van der Waals surface area contributed by atoms with Gasteiger partial charge in [-0.05, 0) is 77.2 Å². The summed E-state index contributed by atoms with van der Waals surface area (Å²) < 4.78 is 0.997. The number of halogens is 2. The number of hydrogen-bond donors (Lipinski definition) is 1. The molecule has 1 aromatic carbocycles. The van der Waals surface area contributed by atoms with E-state index >= 15 is 0 Å². The van der Waals surface area contributed by atoms with Crippen molar-refractivity contribution in [1.29, 1.82) is 0 Å². The lowest BCUT2D eigenvalue weighted by atomic mass is 9.72. The first-order valence-corrected chi connectivity index (χ1v) is 8.86. The zero-order valence-corrected chi connectivity index (χ0v) is 15.0. The first kappa shape index (κ1) is 16.3. The van der Waals surface area contributed by atoms with Crippen LogP contribution in [0.25, 0.3) is 0 Å². The van der Waals surface area contributed by atoms with Gasteiger partial charge in [0.15, 0.2) is 0 Å². The molecule has 1 fully saturated rings. The average molecular weight is 359 g/mol. The third kappa shape index (κ3) is 3.99. The maximum absolute atomic E-state index is 6.13. The lowest BCUT2D eigenvalue weighted by molar-refractivity contribution is 0.177. The molecule has 1 aliphatic rings. The van der Waals surface area contributed by atoms with E-state index in [1.807, 2.05) is 6.07 Å². The molecule has 0 radical (unpaired) electrons. The molecular formula is C17H25BrClN. The molecule has 3 unspecified atom stereocenters. The van der Waals surface area contributed by atoms with Gasteiger partial charge in [-0.1, -0.05) is 38.4 Å². The van der Waals surface area contributed by atoms with Crippen molar-refractivity contribution in [2.24, 2.45) is 17.8 Å². The predicted octanol–water partition coefficient (Wildman–Crippen LogP) is 5.83. The maximum Gasteiger partial charge on any atom is 0.0548 e. The molecule has 3 heteroatoms. The average Bonchev–Trinajstić information content (AvgIpc) is 2.38. The molecule has 0 aromatic heterocycles. The van der Waals surface area contributed by atoms with Gasteiger partial charge in [0, 0.05) is 10.5 Å². The summed E-state index contributed by atoms with van der Waals surface area (Å²) in [4.78, 5) is 0. The second kappa shape index (κ2) is 7.29. The van der Waals surface area contributed by atoms with E-state index in [2.05, 4.69) is 54.2 Å². The largest absolute Gasteiger partial charge is 0.310 e. The summed E-state index contributed by atoms with van der Waals surface area (Å²) in [5.74, 6) is 2.39. The monoisotopic (exact) mass is 357 g/mol. The van der Waals surface area contributed by atoms with Crippen LogP contribution in [0.15, 0.2) is 22.7 Å². The Bertz CT molecular complexity index is 439. The summed E-state index contributed by atoms with van der Waals surface area (Å²) >= 11 is 9.68. The topological polar surface area (TPSA) is 12.0 Å². The van der Waals surface area contributed by atoms with Gasteiger partial charge in [-0.3, -0.25) is 0 Å². The van der Waals surface area contributed by atoms with E-state index in [1.54, 1.807) is 0 Å². The first-order chi connectivity index (χ1) is 9.51. The van der Waals surface area contributed by atoms with E-state index in [0.29, 0.717) is 6.04 Å². The number of nitrogens with one attached hydrogen (secondary N) is 1. The van der Waals surface area contributed by atoms with Gasteiger partial charge in [0.2, 0.25) is 0 Å². The Morgan fingerprint density at radius 2 is 1.90 bits per heavy atom. The molecule has 1 nitrogen and oxygen atoms in total. The Balaban J connectivity index is 2.23. The molecule has 2 rings (SSSR count). The molecule has 0 aliphatic heterocycles. The molecular weight excluding hydrogens is 334 g/mol. The van der Waals surface area contributed by atoms with Gasteiger partial charge in [0.1, 0.15) is 0 Å². The van der Waals surface area contributed by atoms with Crippen LogP contribution in [0.5, 0.6) is 0 Å². The van der Waals surface area contributed by atoms with Crippen molar-refractivity contribution in [2.75, 3.05) is 6.54 Å². The predicted molar refractivity (Wildman–Crippen MR) is 91.2 cm³/mol. The molecule has 0 bridgehead atoms. The smallest absolute Gasteiger partial charge is 0.0548 e. The van der Waals surface area contributed by atoms with Crippen molar-refractivity contribution in [3.8, 4) is 0 Å². The number of hydrogen-bond acceptors (Lipinski definition) is 1. The highest BCUT2D eigenvalue weighted by Gasteiger charge is 2.30. The van der Waals surface area contributed by atoms with E-state index in [-0.39, 0.29) is 0 Å². The SMILES string of the molecule is CCNC(c1ccc(Cl)c(Br)c1)C1CC(C)CC(C)C1. The van der Waals surface area contributed by atoms with E-state index in [1.165, 1.54) is 24.8 Å². The van der Waals surface area contributed by atoms with Crippen molar-refractivity contribution in [2.45, 2.75) is 46.1 Å². The van der Waals surface area contributed by atoms with E-state index < -0.39 is 0 Å². The van der Waals surface area contributed by atoms with Crippen LogP contribution >= 0.6 is 27.5 Å². The highest BCUT2D eigenvalue weighted by Crippen LogP contribution is 2.40. The fourth-order valence-corrected chi connectivity index (χ4v) is 4.28. The summed E-state index contributed by atoms with van der Waals surface area (Å²) in [6.07, 6.45) is 4.02. The molecule has 3 atom stereocenters. The summed E-state index contributed by atoms with van der Waals surface area (Å²) in [5, 5.41) is 4.48. The van der Waals surface area contributed by atoms with Gasteiger partial charge in [-0.2, -0.15) is 0 Å². The van der Waals surface area contributed by atoms with Gasteiger partial charge >= 0.3 is 0 Å². The maximum atomic E-state index is 6.13. The highest BCUT2D eigenvalue weighted by molar-refractivity contribution is 9.10. The van der Waals surface area contributed by atoms with Crippen molar-refractivity contribution in [3.63, 3.8) is 0 Å². The third-order valence-electron chi connectivity index (χ3n) is 4.41.